The van der Waals surface area contributed by atoms with Crippen molar-refractivity contribution in [3.8, 4) is 6.07 Å². The summed E-state index contributed by atoms with van der Waals surface area (Å²) in [5, 5.41) is 14.8. The van der Waals surface area contributed by atoms with Crippen LogP contribution in [0, 0.1) is 17.1 Å². The van der Waals surface area contributed by atoms with Gasteiger partial charge in [0.05, 0.1) is 23.1 Å². The zero-order valence-corrected chi connectivity index (χ0v) is 13.0. The summed E-state index contributed by atoms with van der Waals surface area (Å²) in [5.74, 6) is 0.237. The van der Waals surface area contributed by atoms with E-state index in [4.69, 9.17) is 5.26 Å². The Morgan fingerprint density at radius 3 is 2.91 bits per heavy atom. The van der Waals surface area contributed by atoms with Gasteiger partial charge in [0.15, 0.2) is 15.8 Å². The normalized spacial score (nSPS) is 20.4. The van der Waals surface area contributed by atoms with Crippen LogP contribution in [0.1, 0.15) is 17.5 Å². The summed E-state index contributed by atoms with van der Waals surface area (Å²) >= 11 is 0. The number of hydrogen-bond donors (Lipinski definition) is 2. The Hall–Kier alpha value is -2.14. The molecule has 118 valence electrons. The second-order valence-electron chi connectivity index (χ2n) is 5.09. The minimum Gasteiger partial charge on any atom is -0.353 e. The van der Waals surface area contributed by atoms with Crippen molar-refractivity contribution >= 4 is 15.8 Å². The summed E-state index contributed by atoms with van der Waals surface area (Å²) in [4.78, 5) is 4.00. The van der Waals surface area contributed by atoms with Crippen molar-refractivity contribution in [3.63, 3.8) is 0 Å². The molecule has 1 saturated heterocycles. The summed E-state index contributed by atoms with van der Waals surface area (Å²) in [7, 11) is -1.42. The smallest absolute Gasteiger partial charge is 0.191 e. The monoisotopic (exact) mass is 324 g/mol. The molecule has 1 aliphatic rings. The number of hydrogen-bond acceptors (Lipinski definition) is 4. The van der Waals surface area contributed by atoms with Gasteiger partial charge in [-0.05, 0) is 24.6 Å². The fourth-order valence-corrected chi connectivity index (χ4v) is 3.93. The van der Waals surface area contributed by atoms with Crippen molar-refractivity contribution in [1.29, 1.82) is 5.26 Å². The molecule has 0 bridgehead atoms. The van der Waals surface area contributed by atoms with E-state index in [1.807, 2.05) is 6.07 Å². The summed E-state index contributed by atoms with van der Waals surface area (Å²) in [5.41, 5.74) is 0.726. The van der Waals surface area contributed by atoms with Crippen LogP contribution < -0.4 is 10.6 Å². The molecule has 0 spiro atoms. The molecule has 6 nitrogen and oxygen atoms in total. The highest BCUT2D eigenvalue weighted by atomic mass is 32.2. The first-order valence-electron chi connectivity index (χ1n) is 6.79. The lowest BCUT2D eigenvalue weighted by atomic mass is 10.1. The van der Waals surface area contributed by atoms with Crippen LogP contribution in [0.25, 0.3) is 0 Å². The van der Waals surface area contributed by atoms with E-state index in [9.17, 15) is 12.8 Å². The molecule has 1 unspecified atom stereocenters. The third kappa shape index (κ3) is 4.18. The van der Waals surface area contributed by atoms with Gasteiger partial charge in [-0.1, -0.05) is 0 Å². The number of rotatable bonds is 3. The summed E-state index contributed by atoms with van der Waals surface area (Å²) in [6, 6.07) is 5.89. The van der Waals surface area contributed by atoms with Gasteiger partial charge in [0.25, 0.3) is 0 Å². The number of nitrogens with zero attached hydrogens (tertiary/aromatic N) is 2. The van der Waals surface area contributed by atoms with Crippen LogP contribution in [0.3, 0.4) is 0 Å². The first kappa shape index (κ1) is 16.2. The van der Waals surface area contributed by atoms with Crippen molar-refractivity contribution in [2.75, 3.05) is 18.6 Å². The molecule has 1 aromatic carbocycles. The minimum absolute atomic E-state index is 0.0754. The van der Waals surface area contributed by atoms with Crippen LogP contribution in [-0.2, 0) is 16.4 Å². The van der Waals surface area contributed by atoms with E-state index in [2.05, 4.69) is 15.6 Å². The molecule has 2 rings (SSSR count). The van der Waals surface area contributed by atoms with Crippen molar-refractivity contribution in [1.82, 2.24) is 10.6 Å². The zero-order valence-electron chi connectivity index (χ0n) is 12.1. The van der Waals surface area contributed by atoms with Crippen LogP contribution >= 0.6 is 0 Å². The third-order valence-corrected chi connectivity index (χ3v) is 5.19. The van der Waals surface area contributed by atoms with Gasteiger partial charge in [-0.2, -0.15) is 5.26 Å². The minimum atomic E-state index is -2.97. The molecular formula is C14H17FN4O2S. The van der Waals surface area contributed by atoms with Gasteiger partial charge in [-0.3, -0.25) is 4.99 Å². The Morgan fingerprint density at radius 1 is 1.55 bits per heavy atom. The Balaban J connectivity index is 1.96. The molecule has 2 N–H and O–H groups in total. The second kappa shape index (κ2) is 6.75. The molecule has 1 aliphatic heterocycles. The third-order valence-electron chi connectivity index (χ3n) is 3.42. The second-order valence-corrected chi connectivity index (χ2v) is 7.32. The fraction of sp³-hybridized carbons (Fsp3) is 0.429. The van der Waals surface area contributed by atoms with Gasteiger partial charge in [-0.25, -0.2) is 12.8 Å². The maximum atomic E-state index is 13.7. The van der Waals surface area contributed by atoms with Crippen molar-refractivity contribution in [2.24, 2.45) is 4.99 Å². The van der Waals surface area contributed by atoms with Gasteiger partial charge < -0.3 is 10.6 Å². The van der Waals surface area contributed by atoms with E-state index in [0.717, 1.165) is 0 Å². The molecule has 22 heavy (non-hydrogen) atoms. The molecule has 8 heteroatoms. The highest BCUT2D eigenvalue weighted by Crippen LogP contribution is 2.12. The lowest BCUT2D eigenvalue weighted by molar-refractivity contribution is 0.597. The van der Waals surface area contributed by atoms with E-state index in [0.29, 0.717) is 23.5 Å². The number of aliphatic imine (C=N–C) groups is 1. The number of nitrogens with one attached hydrogen (secondary N) is 2. The Morgan fingerprint density at radius 2 is 2.32 bits per heavy atom. The highest BCUT2D eigenvalue weighted by molar-refractivity contribution is 7.91. The average Bonchev–Trinajstić information content (AvgIpc) is 2.83. The van der Waals surface area contributed by atoms with Gasteiger partial charge in [0.1, 0.15) is 5.82 Å². The van der Waals surface area contributed by atoms with E-state index in [1.165, 1.54) is 18.2 Å². The van der Waals surface area contributed by atoms with Crippen molar-refractivity contribution in [3.05, 3.63) is 35.1 Å². The molecular weight excluding hydrogens is 307 g/mol. The van der Waals surface area contributed by atoms with E-state index in [1.54, 1.807) is 7.05 Å². The van der Waals surface area contributed by atoms with E-state index < -0.39 is 15.7 Å². The Bertz CT molecular complexity index is 725. The Kier molecular flexibility index (Phi) is 4.98. The Labute approximate surface area is 129 Å². The van der Waals surface area contributed by atoms with Crippen molar-refractivity contribution in [2.45, 2.75) is 19.0 Å². The molecule has 1 aromatic rings. The molecule has 1 heterocycles. The van der Waals surface area contributed by atoms with Crippen LogP contribution in [-0.4, -0.2) is 39.0 Å². The molecule has 1 fully saturated rings. The molecule has 0 aliphatic carbocycles. The molecule has 0 amide bonds. The number of halogens is 1. The highest BCUT2D eigenvalue weighted by Gasteiger charge is 2.28. The molecule has 0 radical (unpaired) electrons. The van der Waals surface area contributed by atoms with Gasteiger partial charge >= 0.3 is 0 Å². The van der Waals surface area contributed by atoms with Gasteiger partial charge in [0.2, 0.25) is 0 Å². The van der Waals surface area contributed by atoms with Crippen LogP contribution in [0.2, 0.25) is 0 Å². The maximum absolute atomic E-state index is 13.7. The summed E-state index contributed by atoms with van der Waals surface area (Å²) < 4.78 is 36.5. The van der Waals surface area contributed by atoms with Crippen LogP contribution in [0.15, 0.2) is 23.2 Å². The number of sulfone groups is 1. The lowest BCUT2D eigenvalue weighted by Crippen LogP contribution is -2.43. The molecule has 1 atom stereocenters. The predicted molar refractivity (Wildman–Crippen MR) is 81.5 cm³/mol. The van der Waals surface area contributed by atoms with E-state index in [-0.39, 0.29) is 24.1 Å². The number of benzene rings is 1. The van der Waals surface area contributed by atoms with Crippen LogP contribution in [0.4, 0.5) is 4.39 Å². The topological polar surface area (TPSA) is 94.3 Å². The van der Waals surface area contributed by atoms with Crippen LogP contribution in [0.5, 0.6) is 0 Å². The first-order valence-corrected chi connectivity index (χ1v) is 8.62. The van der Waals surface area contributed by atoms with Crippen molar-refractivity contribution < 1.29 is 12.8 Å². The van der Waals surface area contributed by atoms with E-state index >= 15 is 0 Å². The summed E-state index contributed by atoms with van der Waals surface area (Å²) in [6.07, 6.45) is 0.529. The largest absolute Gasteiger partial charge is 0.353 e. The molecule has 0 aromatic heterocycles. The standard InChI is InChI=1S/C14H17FN4O2S/c1-17-14(19-12-4-5-22(20,21)9-12)18-8-11-6-10(7-16)2-3-13(11)15/h2-3,6,12H,4-5,8-9H2,1H3,(H2,17,18,19). The summed E-state index contributed by atoms with van der Waals surface area (Å²) in [6.45, 7) is 0.153. The average molecular weight is 324 g/mol. The van der Waals surface area contributed by atoms with Gasteiger partial charge in [-0.15, -0.1) is 0 Å². The SMILES string of the molecule is CN=C(NCc1cc(C#N)ccc1F)NC1CCS(=O)(=O)C1. The zero-order chi connectivity index (χ0) is 16.2. The predicted octanol–water partition coefficient (Wildman–Crippen LogP) is 0.549. The molecule has 0 saturated carbocycles. The first-order chi connectivity index (χ1) is 10.4. The lowest BCUT2D eigenvalue weighted by Gasteiger charge is -2.16. The quantitative estimate of drug-likeness (QED) is 0.625. The number of guanidine groups is 1. The maximum Gasteiger partial charge on any atom is 0.191 e. The number of nitriles is 1. The van der Waals surface area contributed by atoms with Gasteiger partial charge in [0, 0.05) is 25.2 Å². The fourth-order valence-electron chi connectivity index (χ4n) is 2.26.